The van der Waals surface area contributed by atoms with Crippen LogP contribution in [0.25, 0.3) is 10.8 Å². The van der Waals surface area contributed by atoms with Crippen molar-refractivity contribution in [2.24, 2.45) is 0 Å². The quantitative estimate of drug-likeness (QED) is 0.915. The van der Waals surface area contributed by atoms with E-state index in [1.165, 1.54) is 10.8 Å². The zero-order chi connectivity index (χ0) is 16.9. The fraction of sp³-hybridized carbons (Fsp3) is 0.450. The largest absolute Gasteiger partial charge is 0.354 e. The lowest BCUT2D eigenvalue weighted by Gasteiger charge is -2.36. The standard InChI is InChI=1S/C20H27N3O/c1-16(23-11-9-22(2)10-12-23)15-21-20(24)14-17-7-8-18-5-3-4-6-19(18)13-17/h3-8,13,16H,9-12,14-15H2,1-2H3,(H,21,24). The SMILES string of the molecule is CC(CNC(=O)Cc1ccc2ccccc2c1)N1CCN(C)CC1. The van der Waals surface area contributed by atoms with Crippen LogP contribution in [-0.4, -0.2) is 61.5 Å². The summed E-state index contributed by atoms with van der Waals surface area (Å²) >= 11 is 0. The molecule has 0 bridgehead atoms. The molecular weight excluding hydrogens is 298 g/mol. The van der Waals surface area contributed by atoms with Gasteiger partial charge in [-0.05, 0) is 30.3 Å². The van der Waals surface area contributed by atoms with E-state index in [4.69, 9.17) is 0 Å². The summed E-state index contributed by atoms with van der Waals surface area (Å²) in [5, 5.41) is 5.50. The Kier molecular flexibility index (Phi) is 5.48. The highest BCUT2D eigenvalue weighted by Gasteiger charge is 2.19. The van der Waals surface area contributed by atoms with Gasteiger partial charge in [0.1, 0.15) is 0 Å². The summed E-state index contributed by atoms with van der Waals surface area (Å²) in [5.74, 6) is 0.103. The number of amides is 1. The number of nitrogens with one attached hydrogen (secondary N) is 1. The van der Waals surface area contributed by atoms with E-state index in [0.717, 1.165) is 38.3 Å². The molecule has 1 heterocycles. The molecule has 128 valence electrons. The van der Waals surface area contributed by atoms with Crippen LogP contribution in [0.15, 0.2) is 42.5 Å². The fourth-order valence-electron chi connectivity index (χ4n) is 3.25. The molecule has 0 spiro atoms. The summed E-state index contributed by atoms with van der Waals surface area (Å²) in [5.41, 5.74) is 1.07. The van der Waals surface area contributed by atoms with Crippen molar-refractivity contribution in [3.63, 3.8) is 0 Å². The van der Waals surface area contributed by atoms with Crippen molar-refractivity contribution in [3.05, 3.63) is 48.0 Å². The molecule has 2 aromatic carbocycles. The molecule has 24 heavy (non-hydrogen) atoms. The van der Waals surface area contributed by atoms with Gasteiger partial charge in [-0.2, -0.15) is 0 Å². The predicted molar refractivity (Wildman–Crippen MR) is 99.2 cm³/mol. The number of piperazine rings is 1. The first-order chi connectivity index (χ1) is 11.6. The number of hydrogen-bond donors (Lipinski definition) is 1. The van der Waals surface area contributed by atoms with Crippen LogP contribution in [-0.2, 0) is 11.2 Å². The third kappa shape index (κ3) is 4.34. The fourth-order valence-corrected chi connectivity index (χ4v) is 3.25. The number of benzene rings is 2. The van der Waals surface area contributed by atoms with Crippen molar-refractivity contribution in [2.75, 3.05) is 39.8 Å². The molecule has 4 nitrogen and oxygen atoms in total. The third-order valence-electron chi connectivity index (χ3n) is 4.93. The lowest BCUT2D eigenvalue weighted by molar-refractivity contribution is -0.120. The van der Waals surface area contributed by atoms with Crippen LogP contribution in [0.2, 0.25) is 0 Å². The van der Waals surface area contributed by atoms with Gasteiger partial charge in [-0.15, -0.1) is 0 Å². The number of rotatable bonds is 5. The summed E-state index contributed by atoms with van der Waals surface area (Å²) in [6.07, 6.45) is 0.445. The second kappa shape index (κ2) is 7.77. The second-order valence-electron chi connectivity index (χ2n) is 6.85. The van der Waals surface area contributed by atoms with E-state index < -0.39 is 0 Å². The first kappa shape index (κ1) is 16.9. The van der Waals surface area contributed by atoms with Gasteiger partial charge in [0.2, 0.25) is 5.91 Å². The maximum absolute atomic E-state index is 12.2. The Bertz CT molecular complexity index is 692. The number of fused-ring (bicyclic) bond motifs is 1. The molecule has 1 fully saturated rings. The Morgan fingerprint density at radius 2 is 1.79 bits per heavy atom. The van der Waals surface area contributed by atoms with Crippen LogP contribution in [0.1, 0.15) is 12.5 Å². The van der Waals surface area contributed by atoms with Crippen molar-refractivity contribution < 1.29 is 4.79 Å². The van der Waals surface area contributed by atoms with Crippen LogP contribution < -0.4 is 5.32 Å². The van der Waals surface area contributed by atoms with Crippen molar-refractivity contribution in [2.45, 2.75) is 19.4 Å². The first-order valence-electron chi connectivity index (χ1n) is 8.79. The van der Waals surface area contributed by atoms with E-state index in [1.807, 2.05) is 18.2 Å². The number of likely N-dealkylation sites (N-methyl/N-ethyl adjacent to an activating group) is 1. The average molecular weight is 325 g/mol. The average Bonchev–Trinajstić information content (AvgIpc) is 2.60. The van der Waals surface area contributed by atoms with E-state index in [1.54, 1.807) is 0 Å². The summed E-state index contributed by atoms with van der Waals surface area (Å²) in [6, 6.07) is 14.9. The summed E-state index contributed by atoms with van der Waals surface area (Å²) in [7, 11) is 2.16. The van der Waals surface area contributed by atoms with Gasteiger partial charge in [-0.3, -0.25) is 9.69 Å². The van der Waals surface area contributed by atoms with Crippen LogP contribution in [0.4, 0.5) is 0 Å². The first-order valence-corrected chi connectivity index (χ1v) is 8.79. The minimum atomic E-state index is 0.103. The highest BCUT2D eigenvalue weighted by atomic mass is 16.1. The molecular formula is C20H27N3O. The lowest BCUT2D eigenvalue weighted by Crippen LogP contribution is -2.51. The van der Waals surface area contributed by atoms with E-state index in [-0.39, 0.29) is 5.91 Å². The minimum Gasteiger partial charge on any atom is -0.354 e. The zero-order valence-corrected chi connectivity index (χ0v) is 14.7. The summed E-state index contributed by atoms with van der Waals surface area (Å²) in [6.45, 7) is 7.29. The van der Waals surface area contributed by atoms with E-state index in [9.17, 15) is 4.79 Å². The van der Waals surface area contributed by atoms with Gasteiger partial charge in [0.15, 0.2) is 0 Å². The maximum atomic E-state index is 12.2. The highest BCUT2D eigenvalue weighted by molar-refractivity contribution is 5.85. The third-order valence-corrected chi connectivity index (χ3v) is 4.93. The van der Waals surface area contributed by atoms with Crippen LogP contribution in [0.5, 0.6) is 0 Å². The number of carbonyl (C=O) groups is 1. The Labute approximate surface area is 144 Å². The molecule has 1 atom stereocenters. The Balaban J connectivity index is 1.49. The van der Waals surface area contributed by atoms with Gasteiger partial charge < -0.3 is 10.2 Å². The molecule has 4 heteroatoms. The van der Waals surface area contributed by atoms with Crippen molar-refractivity contribution >= 4 is 16.7 Å². The zero-order valence-electron chi connectivity index (χ0n) is 14.7. The van der Waals surface area contributed by atoms with Crippen LogP contribution >= 0.6 is 0 Å². The summed E-state index contributed by atoms with van der Waals surface area (Å²) in [4.78, 5) is 17.1. The highest BCUT2D eigenvalue weighted by Crippen LogP contribution is 2.16. The normalized spacial score (nSPS) is 17.8. The molecule has 1 saturated heterocycles. The summed E-state index contributed by atoms with van der Waals surface area (Å²) < 4.78 is 0. The van der Waals surface area contributed by atoms with Gasteiger partial charge in [0.05, 0.1) is 6.42 Å². The van der Waals surface area contributed by atoms with Crippen molar-refractivity contribution in [3.8, 4) is 0 Å². The molecule has 1 aliphatic rings. The number of carbonyl (C=O) groups excluding carboxylic acids is 1. The molecule has 0 saturated carbocycles. The monoisotopic (exact) mass is 325 g/mol. The van der Waals surface area contributed by atoms with E-state index in [2.05, 4.69) is 53.4 Å². The van der Waals surface area contributed by atoms with Gasteiger partial charge in [0, 0.05) is 38.8 Å². The van der Waals surface area contributed by atoms with E-state index in [0.29, 0.717) is 12.5 Å². The van der Waals surface area contributed by atoms with Crippen LogP contribution in [0, 0.1) is 0 Å². The Morgan fingerprint density at radius 3 is 2.54 bits per heavy atom. The van der Waals surface area contributed by atoms with Crippen LogP contribution in [0.3, 0.4) is 0 Å². The van der Waals surface area contributed by atoms with E-state index >= 15 is 0 Å². The molecule has 0 aromatic heterocycles. The van der Waals surface area contributed by atoms with Gasteiger partial charge in [0.25, 0.3) is 0 Å². The molecule has 0 aliphatic carbocycles. The smallest absolute Gasteiger partial charge is 0.224 e. The molecule has 0 radical (unpaired) electrons. The molecule has 2 aromatic rings. The Morgan fingerprint density at radius 1 is 1.08 bits per heavy atom. The molecule has 3 rings (SSSR count). The molecule has 1 amide bonds. The van der Waals surface area contributed by atoms with Gasteiger partial charge >= 0.3 is 0 Å². The van der Waals surface area contributed by atoms with Crippen molar-refractivity contribution in [1.82, 2.24) is 15.1 Å². The Hall–Kier alpha value is -1.91. The van der Waals surface area contributed by atoms with Gasteiger partial charge in [-0.25, -0.2) is 0 Å². The lowest BCUT2D eigenvalue weighted by atomic mass is 10.0. The molecule has 1 unspecified atom stereocenters. The molecule has 1 N–H and O–H groups in total. The minimum absolute atomic E-state index is 0.103. The number of nitrogens with zero attached hydrogens (tertiary/aromatic N) is 2. The van der Waals surface area contributed by atoms with Crippen molar-refractivity contribution in [1.29, 1.82) is 0 Å². The van der Waals surface area contributed by atoms with Gasteiger partial charge in [-0.1, -0.05) is 42.5 Å². The second-order valence-corrected chi connectivity index (χ2v) is 6.85. The predicted octanol–water partition coefficient (Wildman–Crippen LogP) is 2.13. The topological polar surface area (TPSA) is 35.6 Å². The maximum Gasteiger partial charge on any atom is 0.224 e. The number of hydrogen-bond acceptors (Lipinski definition) is 3. The molecule has 1 aliphatic heterocycles.